The molecular weight excluding hydrogens is 1430 g/mol. The molecule has 5 aliphatic rings. The quantitative estimate of drug-likeness (QED) is 0.0245. The third-order valence-electron chi connectivity index (χ3n) is 17.9. The molecule has 0 atom stereocenters. The van der Waals surface area contributed by atoms with Crippen LogP contribution in [0.3, 0.4) is 0 Å². The molecule has 0 spiro atoms. The molecule has 37 heteroatoms. The molecule has 5 fully saturated rings. The second-order valence-electron chi connectivity index (χ2n) is 27.3. The van der Waals surface area contributed by atoms with E-state index >= 15 is 0 Å². The number of nitriles is 4. The van der Waals surface area contributed by atoms with Crippen LogP contribution >= 0.6 is 0 Å². The largest absolute Gasteiger partial charge is 0.444 e. The highest BCUT2D eigenvalue weighted by molar-refractivity contribution is 6.11. The Morgan fingerprint density at radius 3 is 1.58 bits per heavy atom. The number of pyridine rings is 1. The number of fused-ring (bicyclic) bond motifs is 3. The molecular formula is C71H81ClF4N24O8. The summed E-state index contributed by atoms with van der Waals surface area (Å²) in [6.07, 6.45) is 30.5. The van der Waals surface area contributed by atoms with E-state index < -0.39 is 45.0 Å². The number of H-pyrrole nitrogens is 3. The lowest BCUT2D eigenvalue weighted by Crippen LogP contribution is -2.68. The number of nitrogens with one attached hydrogen (secondary N) is 4. The Balaban J connectivity index is 0.000000164. The lowest BCUT2D eigenvalue weighted by Gasteiger charge is -2.40. The fraction of sp³-hybridized carbons (Fsp3) is 0.423. The molecule has 2 aliphatic heterocycles. The van der Waals surface area contributed by atoms with Gasteiger partial charge in [0.2, 0.25) is 0 Å². The summed E-state index contributed by atoms with van der Waals surface area (Å²) in [6, 6.07) is 15.5. The highest BCUT2D eigenvalue weighted by Gasteiger charge is 2.42. The predicted octanol–water partition coefficient (Wildman–Crippen LogP) is 5.69. The minimum atomic E-state index is -4.96. The van der Waals surface area contributed by atoms with Crippen LogP contribution in [0.1, 0.15) is 132 Å². The summed E-state index contributed by atoms with van der Waals surface area (Å²) in [6.45, 7) is 6.69. The van der Waals surface area contributed by atoms with Crippen molar-refractivity contribution in [3.63, 3.8) is 0 Å². The van der Waals surface area contributed by atoms with Gasteiger partial charge in [0.1, 0.15) is 61.4 Å². The number of nitrogens with two attached hydrogens (primary N) is 1. The van der Waals surface area contributed by atoms with Crippen molar-refractivity contribution in [3.05, 3.63) is 133 Å². The molecule has 9 aromatic rings. The predicted molar refractivity (Wildman–Crippen MR) is 373 cm³/mol. The Morgan fingerprint density at radius 1 is 0.713 bits per heavy atom. The van der Waals surface area contributed by atoms with Crippen LogP contribution in [-0.2, 0) is 26.8 Å². The van der Waals surface area contributed by atoms with Crippen LogP contribution in [0.2, 0.25) is 0 Å². The maximum absolute atomic E-state index is 13.8. The number of likely N-dealkylation sites (tertiary alicyclic amines) is 2. The topological polar surface area (TPSA) is 472 Å². The number of hydrogen-bond donors (Lipinski definition) is 5. The van der Waals surface area contributed by atoms with Gasteiger partial charge in [0.15, 0.2) is 17.7 Å². The number of carbonyl (C=O) groups is 3. The van der Waals surface area contributed by atoms with Gasteiger partial charge >= 0.3 is 12.3 Å². The minimum absolute atomic E-state index is 0.0191. The molecule has 0 aromatic carbocycles. The van der Waals surface area contributed by atoms with Crippen LogP contribution in [0.25, 0.3) is 61.2 Å². The summed E-state index contributed by atoms with van der Waals surface area (Å²) in [5.74, 6) is 2.69. The lowest BCUT2D eigenvalue weighted by molar-refractivity contribution is -2.00. The number of ether oxygens (including phenoxy) is 1. The Bertz CT molecular complexity index is 4700. The lowest BCUT2D eigenvalue weighted by atomic mass is 9.75. The Kier molecular flexibility index (Phi) is 27.6. The summed E-state index contributed by atoms with van der Waals surface area (Å²) in [4.78, 5) is 77.1. The number of halogens is 5. The Morgan fingerprint density at radius 2 is 1.19 bits per heavy atom. The van der Waals surface area contributed by atoms with Gasteiger partial charge in [0, 0.05) is 135 Å². The highest BCUT2D eigenvalue weighted by atomic mass is 35.7. The van der Waals surface area contributed by atoms with Gasteiger partial charge in [0.05, 0.1) is 95.2 Å². The molecule has 32 nitrogen and oxygen atoms in total. The van der Waals surface area contributed by atoms with Crippen molar-refractivity contribution >= 4 is 62.7 Å². The number of aromatic amines is 3. The van der Waals surface area contributed by atoms with E-state index in [0.29, 0.717) is 32.4 Å². The van der Waals surface area contributed by atoms with Gasteiger partial charge in [-0.3, -0.25) is 30.2 Å². The number of amides is 2. The van der Waals surface area contributed by atoms with Crippen molar-refractivity contribution in [2.75, 3.05) is 54.4 Å². The molecule has 0 bridgehead atoms. The molecule has 2 amide bonds. The first-order valence-electron chi connectivity index (χ1n) is 33.9. The second-order valence-corrected chi connectivity index (χ2v) is 28.1. The number of alkyl halides is 3. The number of nitrogens with zero attached hydrogens (tertiary/aromatic N) is 19. The van der Waals surface area contributed by atoms with E-state index in [0.717, 1.165) is 136 Å². The molecule has 0 radical (unpaired) electrons. The highest BCUT2D eigenvalue weighted by Crippen LogP contribution is 2.44. The van der Waals surface area contributed by atoms with E-state index in [9.17, 15) is 31.9 Å². The summed E-state index contributed by atoms with van der Waals surface area (Å²) in [5, 5.41) is 46.8. The maximum atomic E-state index is 13.8. The fourth-order valence-corrected chi connectivity index (χ4v) is 12.0. The van der Waals surface area contributed by atoms with Gasteiger partial charge in [-0.05, 0) is 108 Å². The standard InChI is InChI=1S/2C15H14N6.C13H18N5.C12H10F4N2O2.C10H14N2O2.C6H11N3.ClHO4/c2*16-6-5-15(3-1-4-15)21-9-11(8-20-21)13-12-2-7-17-14(12)19-10-18-13;1-17(2)7-10(8-18(3)4)12-11-5-6-14-13(11)16-9-15-12;13-9-8(1-4-17-10(9)12(14,15)16)11(20)18-5-2-7(19)3-6-18;1-10(2,3)14-9(13)12-6-8(7-12)4-5-11;7-5-4-6(9-8)2-1-3-6;2-1(3,4)5/h2*2,7-10H,1,3-5H2,(H,17,18,19);5-9H,1-4H3,(H,14,15,16);1,4H,2-3,5-6H2;4H,6-7H2,1-3H3;9H,1-4,8H2;(H,2,3,4,5)/q;;+1;;;;/p-1. The van der Waals surface area contributed by atoms with E-state index in [1.165, 1.54) is 17.4 Å². The zero-order valence-electron chi connectivity index (χ0n) is 60.4. The molecule has 14 rings (SSSR count). The number of aromatic nitrogens is 14. The fourth-order valence-electron chi connectivity index (χ4n) is 12.0. The molecule has 3 saturated carbocycles. The number of piperidine rings is 1. The van der Waals surface area contributed by atoms with Crippen molar-refractivity contribution in [3.8, 4) is 46.8 Å². The van der Waals surface area contributed by atoms with Crippen molar-refractivity contribution in [1.29, 1.82) is 21.0 Å². The maximum Gasteiger partial charge on any atom is 0.436 e. The minimum Gasteiger partial charge on any atom is -0.444 e. The molecule has 2 saturated heterocycles. The molecule has 0 unspecified atom stereocenters. The van der Waals surface area contributed by atoms with Crippen LogP contribution < -0.4 is 29.9 Å². The Hall–Kier alpha value is -11.5. The average molecular weight is 1510 g/mol. The van der Waals surface area contributed by atoms with Gasteiger partial charge in [-0.2, -0.15) is 44.4 Å². The van der Waals surface area contributed by atoms with Gasteiger partial charge < -0.3 is 34.4 Å². The molecule has 568 valence electrons. The number of Topliss-reactive ketones (excluding diaryl/α,β-unsaturated/α-hetero) is 1. The SMILES string of the molecule is CC(C)(C)OC(=O)N1CC(=CC#N)C1.CN(C)/C=C(/C=[N+](C)C)c1ncnc2[nH]ccc12.N#CCC1(NN)CCC1.N#CCC1(n2cc(-c3ncnc4[nH]ccc34)cn2)CCC1.N#CCC1(n2cc(-c3ncnc4[nH]ccc34)cn2)CCC1.O=C1CCN(C(=O)c2ccnc(C(F)(F)F)c2F)CC1.[O-][Cl+3]([O-])([O-])[O-]. The van der Waals surface area contributed by atoms with E-state index in [1.54, 1.807) is 23.9 Å². The van der Waals surface area contributed by atoms with Crippen LogP contribution in [0.5, 0.6) is 0 Å². The molecule has 6 N–H and O–H groups in total. The van der Waals surface area contributed by atoms with Crippen LogP contribution in [0.4, 0.5) is 22.4 Å². The van der Waals surface area contributed by atoms with Crippen molar-refractivity contribution < 1.29 is 70.1 Å². The smallest absolute Gasteiger partial charge is 0.436 e. The molecule has 108 heavy (non-hydrogen) atoms. The van der Waals surface area contributed by atoms with E-state index in [-0.39, 0.29) is 54.4 Å². The number of hydrazine groups is 1. The van der Waals surface area contributed by atoms with Crippen LogP contribution in [0, 0.1) is 61.4 Å². The van der Waals surface area contributed by atoms with E-state index in [2.05, 4.69) is 96.1 Å². The van der Waals surface area contributed by atoms with Crippen molar-refractivity contribution in [2.45, 2.75) is 139 Å². The van der Waals surface area contributed by atoms with E-state index in [1.807, 2.05) is 135 Å². The summed E-state index contributed by atoms with van der Waals surface area (Å²) < 4.78 is 96.3. The average Bonchev–Trinajstić information content (AvgIpc) is 1.58. The number of hydrogen-bond acceptors (Lipinski definition) is 24. The first kappa shape index (κ1) is 82.2. The molecule has 11 heterocycles. The number of rotatable bonds is 12. The second kappa shape index (κ2) is 36.2. The monoisotopic (exact) mass is 1510 g/mol. The first-order chi connectivity index (χ1) is 51.3. The number of ketones is 1. The van der Waals surface area contributed by atoms with Gasteiger partial charge in [-0.1, -0.05) is 0 Å². The van der Waals surface area contributed by atoms with Crippen LogP contribution in [0.15, 0.2) is 111 Å². The Labute approximate surface area is 620 Å². The summed E-state index contributed by atoms with van der Waals surface area (Å²) >= 11 is 0. The van der Waals surface area contributed by atoms with E-state index in [4.69, 9.17) is 50.3 Å². The first-order valence-corrected chi connectivity index (χ1v) is 35.2. The number of allylic oxidation sites excluding steroid dienone is 2. The van der Waals surface area contributed by atoms with Gasteiger partial charge in [0.25, 0.3) is 5.91 Å². The van der Waals surface area contributed by atoms with Crippen molar-refractivity contribution in [2.24, 2.45) is 5.84 Å². The van der Waals surface area contributed by atoms with Gasteiger partial charge in [-0.25, -0.2) is 67.3 Å². The molecule has 3 aliphatic carbocycles. The third kappa shape index (κ3) is 21.6. The normalized spacial score (nSPS) is 15.8. The zero-order chi connectivity index (χ0) is 78.6. The zero-order valence-corrected chi connectivity index (χ0v) is 61.1. The third-order valence-corrected chi connectivity index (χ3v) is 17.9. The van der Waals surface area contributed by atoms with Gasteiger partial charge in [-0.15, -0.1) is 10.2 Å². The number of carbonyl (C=O) groups excluding carboxylic acids is 3. The molecule has 9 aromatic heterocycles. The summed E-state index contributed by atoms with van der Waals surface area (Å²) in [7, 11) is 3.05. The van der Waals surface area contributed by atoms with Crippen molar-refractivity contribution in [1.82, 2.24) is 89.5 Å². The summed E-state index contributed by atoms with van der Waals surface area (Å²) in [5.41, 5.74) is 8.74. The van der Waals surface area contributed by atoms with Crippen LogP contribution in [-0.4, -0.2) is 178 Å².